The molecule has 1 aromatic carbocycles. The van der Waals surface area contributed by atoms with Gasteiger partial charge in [0.15, 0.2) is 0 Å². The Morgan fingerprint density at radius 3 is 2.92 bits per heavy atom. The van der Waals surface area contributed by atoms with E-state index in [2.05, 4.69) is 5.32 Å². The molecule has 1 aliphatic rings. The fraction of sp³-hybridized carbons (Fsp3) is 0.300. The van der Waals surface area contributed by atoms with Crippen molar-refractivity contribution >= 4 is 11.6 Å². The van der Waals surface area contributed by atoms with Crippen LogP contribution >= 0.6 is 0 Å². The third kappa shape index (κ3) is 0.916. The molecule has 1 atom stereocenters. The van der Waals surface area contributed by atoms with Crippen molar-refractivity contribution in [3.05, 3.63) is 29.8 Å². The Bertz CT molecular complexity index is 319. The summed E-state index contributed by atoms with van der Waals surface area (Å²) in [4.78, 5) is 11.4. The van der Waals surface area contributed by atoms with Crippen molar-refractivity contribution in [3.63, 3.8) is 0 Å². The van der Waals surface area contributed by atoms with E-state index in [-0.39, 0.29) is 11.8 Å². The highest BCUT2D eigenvalue weighted by Gasteiger charge is 2.27. The van der Waals surface area contributed by atoms with E-state index in [0.717, 1.165) is 17.7 Å². The Morgan fingerprint density at radius 1 is 1.42 bits per heavy atom. The summed E-state index contributed by atoms with van der Waals surface area (Å²) < 4.78 is 0. The number of hydrogen-bond donors (Lipinski definition) is 1. The van der Waals surface area contributed by atoms with Crippen molar-refractivity contribution in [2.24, 2.45) is 0 Å². The number of amides is 1. The maximum Gasteiger partial charge on any atom is 0.231 e. The summed E-state index contributed by atoms with van der Waals surface area (Å²) in [5.74, 6) is 0.208. The molecule has 0 bridgehead atoms. The molecule has 62 valence electrons. The number of benzene rings is 1. The molecular formula is C10H11NO. The van der Waals surface area contributed by atoms with E-state index in [1.54, 1.807) is 0 Å². The smallest absolute Gasteiger partial charge is 0.231 e. The number of para-hydroxylation sites is 1. The molecule has 0 radical (unpaired) electrons. The largest absolute Gasteiger partial charge is 0.325 e. The monoisotopic (exact) mass is 161 g/mol. The zero-order valence-electron chi connectivity index (χ0n) is 7.00. The quantitative estimate of drug-likeness (QED) is 0.671. The molecule has 1 heterocycles. The molecule has 1 N–H and O–H groups in total. The maximum absolute atomic E-state index is 11.4. The zero-order valence-corrected chi connectivity index (χ0v) is 7.00. The molecule has 2 heteroatoms. The van der Waals surface area contributed by atoms with Gasteiger partial charge >= 0.3 is 0 Å². The van der Waals surface area contributed by atoms with Gasteiger partial charge < -0.3 is 5.32 Å². The second-order valence-electron chi connectivity index (χ2n) is 3.04. The summed E-state index contributed by atoms with van der Waals surface area (Å²) >= 11 is 0. The summed E-state index contributed by atoms with van der Waals surface area (Å²) in [7, 11) is 0. The Balaban J connectivity index is 2.47. The summed E-state index contributed by atoms with van der Waals surface area (Å²) in [6, 6.07) is 7.88. The number of anilines is 1. The molecule has 0 aromatic heterocycles. The summed E-state index contributed by atoms with van der Waals surface area (Å²) in [5.41, 5.74) is 2.12. The van der Waals surface area contributed by atoms with Crippen molar-refractivity contribution in [1.29, 1.82) is 0 Å². The van der Waals surface area contributed by atoms with Crippen molar-refractivity contribution in [2.45, 2.75) is 19.3 Å². The molecular weight excluding hydrogens is 150 g/mol. The summed E-state index contributed by atoms with van der Waals surface area (Å²) in [6.07, 6.45) is 0.878. The van der Waals surface area contributed by atoms with Crippen LogP contribution in [0.15, 0.2) is 24.3 Å². The average molecular weight is 161 g/mol. The first kappa shape index (κ1) is 7.35. The normalized spacial score (nSPS) is 20.4. The number of carbonyl (C=O) groups is 1. The van der Waals surface area contributed by atoms with Crippen molar-refractivity contribution in [3.8, 4) is 0 Å². The van der Waals surface area contributed by atoms with E-state index in [1.165, 1.54) is 0 Å². The average Bonchev–Trinajstić information content (AvgIpc) is 2.40. The standard InChI is InChI=1S/C10H11NO/c1-2-7-8-5-3-4-6-9(8)11-10(7)12/h3-7H,2H2,1H3,(H,11,12)/t7-/m0/s1. The second-order valence-corrected chi connectivity index (χ2v) is 3.04. The zero-order chi connectivity index (χ0) is 8.55. The first-order chi connectivity index (χ1) is 5.83. The lowest BCUT2D eigenvalue weighted by molar-refractivity contribution is -0.117. The van der Waals surface area contributed by atoms with E-state index in [4.69, 9.17) is 0 Å². The number of fused-ring (bicyclic) bond motifs is 1. The van der Waals surface area contributed by atoms with Crippen LogP contribution in [0.5, 0.6) is 0 Å². The van der Waals surface area contributed by atoms with Crippen molar-refractivity contribution in [2.75, 3.05) is 5.32 Å². The molecule has 0 saturated carbocycles. The predicted octanol–water partition coefficient (Wildman–Crippen LogP) is 2.13. The van der Waals surface area contributed by atoms with Crippen LogP contribution in [-0.4, -0.2) is 5.91 Å². The fourth-order valence-electron chi connectivity index (χ4n) is 1.68. The van der Waals surface area contributed by atoms with Crippen molar-refractivity contribution < 1.29 is 4.79 Å². The van der Waals surface area contributed by atoms with Crippen LogP contribution in [0.3, 0.4) is 0 Å². The second kappa shape index (κ2) is 2.63. The van der Waals surface area contributed by atoms with Gasteiger partial charge in [-0.2, -0.15) is 0 Å². The van der Waals surface area contributed by atoms with Crippen LogP contribution in [0.25, 0.3) is 0 Å². The number of nitrogens with one attached hydrogen (secondary N) is 1. The minimum atomic E-state index is 0.0706. The van der Waals surface area contributed by atoms with Crippen LogP contribution in [-0.2, 0) is 4.79 Å². The van der Waals surface area contributed by atoms with Crippen LogP contribution in [0.2, 0.25) is 0 Å². The van der Waals surface area contributed by atoms with E-state index >= 15 is 0 Å². The highest BCUT2D eigenvalue weighted by atomic mass is 16.2. The van der Waals surface area contributed by atoms with E-state index in [0.29, 0.717) is 0 Å². The van der Waals surface area contributed by atoms with E-state index in [9.17, 15) is 4.79 Å². The molecule has 1 aromatic rings. The van der Waals surface area contributed by atoms with Gasteiger partial charge in [0.25, 0.3) is 0 Å². The molecule has 1 amide bonds. The Labute approximate surface area is 71.6 Å². The molecule has 0 aliphatic carbocycles. The molecule has 0 fully saturated rings. The predicted molar refractivity (Wildman–Crippen MR) is 48.1 cm³/mol. The maximum atomic E-state index is 11.4. The third-order valence-corrected chi connectivity index (χ3v) is 2.32. The SMILES string of the molecule is CC[C@@H]1C(=O)Nc2ccccc21. The molecule has 2 rings (SSSR count). The van der Waals surface area contributed by atoms with Gasteiger partial charge in [0, 0.05) is 5.69 Å². The minimum absolute atomic E-state index is 0.0706. The Kier molecular flexibility index (Phi) is 1.61. The van der Waals surface area contributed by atoms with Gasteiger partial charge in [-0.3, -0.25) is 4.79 Å². The van der Waals surface area contributed by atoms with Crippen LogP contribution in [0, 0.1) is 0 Å². The first-order valence-electron chi connectivity index (χ1n) is 4.22. The van der Waals surface area contributed by atoms with Crippen LogP contribution < -0.4 is 5.32 Å². The molecule has 2 nitrogen and oxygen atoms in total. The minimum Gasteiger partial charge on any atom is -0.325 e. The highest BCUT2D eigenvalue weighted by Crippen LogP contribution is 2.33. The van der Waals surface area contributed by atoms with Gasteiger partial charge in [-0.25, -0.2) is 0 Å². The number of hydrogen-bond acceptors (Lipinski definition) is 1. The van der Waals surface area contributed by atoms with Gasteiger partial charge in [0.2, 0.25) is 5.91 Å². The lowest BCUT2D eigenvalue weighted by Gasteiger charge is -2.02. The van der Waals surface area contributed by atoms with Gasteiger partial charge in [0.1, 0.15) is 0 Å². The molecule has 0 unspecified atom stereocenters. The highest BCUT2D eigenvalue weighted by molar-refractivity contribution is 6.02. The molecule has 0 spiro atoms. The van der Waals surface area contributed by atoms with E-state index in [1.807, 2.05) is 31.2 Å². The third-order valence-electron chi connectivity index (χ3n) is 2.32. The van der Waals surface area contributed by atoms with E-state index < -0.39 is 0 Å². The molecule has 12 heavy (non-hydrogen) atoms. The lowest BCUT2D eigenvalue weighted by Crippen LogP contribution is -2.10. The van der Waals surface area contributed by atoms with Gasteiger partial charge in [-0.15, -0.1) is 0 Å². The number of rotatable bonds is 1. The number of carbonyl (C=O) groups excluding carboxylic acids is 1. The van der Waals surface area contributed by atoms with Crippen LogP contribution in [0.1, 0.15) is 24.8 Å². The Hall–Kier alpha value is -1.31. The van der Waals surface area contributed by atoms with Crippen LogP contribution in [0.4, 0.5) is 5.69 Å². The van der Waals surface area contributed by atoms with Gasteiger partial charge in [-0.1, -0.05) is 25.1 Å². The van der Waals surface area contributed by atoms with Gasteiger partial charge in [0.05, 0.1) is 5.92 Å². The fourth-order valence-corrected chi connectivity index (χ4v) is 1.68. The molecule has 0 saturated heterocycles. The lowest BCUT2D eigenvalue weighted by atomic mass is 9.98. The topological polar surface area (TPSA) is 29.1 Å². The Morgan fingerprint density at radius 2 is 2.17 bits per heavy atom. The summed E-state index contributed by atoms with van der Waals surface area (Å²) in [5, 5.41) is 2.86. The van der Waals surface area contributed by atoms with Gasteiger partial charge in [-0.05, 0) is 18.1 Å². The van der Waals surface area contributed by atoms with Crippen molar-refractivity contribution in [1.82, 2.24) is 0 Å². The summed E-state index contributed by atoms with van der Waals surface area (Å²) in [6.45, 7) is 2.03. The molecule has 1 aliphatic heterocycles. The first-order valence-corrected chi connectivity index (χ1v) is 4.22.